The molecule has 0 unspecified atom stereocenters. The molecule has 0 aromatic heterocycles. The molecule has 2 rings (SSSR count). The van der Waals surface area contributed by atoms with Crippen LogP contribution in [-0.4, -0.2) is 30.4 Å². The highest BCUT2D eigenvalue weighted by Crippen LogP contribution is 2.22. The summed E-state index contributed by atoms with van der Waals surface area (Å²) in [6, 6.07) is 10.5. The van der Waals surface area contributed by atoms with Crippen LogP contribution in [0.1, 0.15) is 23.6 Å². The average Bonchev–Trinajstić information content (AvgIpc) is 2.58. The number of nitrogens with zero attached hydrogens (tertiary/aromatic N) is 1. The Morgan fingerprint density at radius 1 is 1.24 bits per heavy atom. The number of rotatable bonds is 7. The Balaban J connectivity index is 1.87. The molecule has 25 heavy (non-hydrogen) atoms. The van der Waals surface area contributed by atoms with Gasteiger partial charge in [-0.05, 0) is 50.1 Å². The van der Waals surface area contributed by atoms with Gasteiger partial charge in [0.15, 0.2) is 6.61 Å². The molecule has 2 aromatic rings. The van der Waals surface area contributed by atoms with E-state index in [4.69, 9.17) is 9.47 Å². The van der Waals surface area contributed by atoms with Crippen LogP contribution in [0.3, 0.4) is 0 Å². The number of benzene rings is 2. The summed E-state index contributed by atoms with van der Waals surface area (Å²) in [7, 11) is 0. The molecule has 6 nitrogen and oxygen atoms in total. The van der Waals surface area contributed by atoms with Crippen LogP contribution in [0.5, 0.6) is 17.2 Å². The van der Waals surface area contributed by atoms with Crippen molar-refractivity contribution >= 4 is 12.1 Å². The van der Waals surface area contributed by atoms with E-state index < -0.39 is 0 Å². The number of hydrogen-bond acceptors (Lipinski definition) is 5. The summed E-state index contributed by atoms with van der Waals surface area (Å²) in [6.45, 7) is 6.16. The maximum Gasteiger partial charge on any atom is 0.277 e. The van der Waals surface area contributed by atoms with Gasteiger partial charge in [-0.15, -0.1) is 0 Å². The third kappa shape index (κ3) is 5.24. The Bertz CT molecular complexity index is 772. The van der Waals surface area contributed by atoms with Crippen molar-refractivity contribution in [1.29, 1.82) is 0 Å². The van der Waals surface area contributed by atoms with Crippen LogP contribution in [0.2, 0.25) is 0 Å². The van der Waals surface area contributed by atoms with Crippen LogP contribution in [0.4, 0.5) is 0 Å². The number of aromatic hydroxyl groups is 1. The minimum Gasteiger partial charge on any atom is -0.507 e. The average molecular weight is 342 g/mol. The highest BCUT2D eigenvalue weighted by Gasteiger charge is 2.06. The molecule has 1 amide bonds. The number of carbonyl (C=O) groups is 1. The summed E-state index contributed by atoms with van der Waals surface area (Å²) in [4.78, 5) is 11.8. The predicted molar refractivity (Wildman–Crippen MR) is 96.4 cm³/mol. The Morgan fingerprint density at radius 3 is 2.76 bits per heavy atom. The quantitative estimate of drug-likeness (QED) is 0.599. The monoisotopic (exact) mass is 342 g/mol. The Kier molecular flexibility index (Phi) is 6.39. The van der Waals surface area contributed by atoms with E-state index >= 15 is 0 Å². The van der Waals surface area contributed by atoms with Gasteiger partial charge >= 0.3 is 0 Å². The van der Waals surface area contributed by atoms with Gasteiger partial charge in [-0.1, -0.05) is 12.1 Å². The standard InChI is InChI=1S/C19H22N2O4/c1-4-24-16-9-8-15(17(22)10-16)11-20-21-19(23)12-25-18-7-5-6-13(2)14(18)3/h5-11,22H,4,12H2,1-3H3,(H,21,23). The zero-order valence-corrected chi connectivity index (χ0v) is 14.6. The molecule has 0 saturated heterocycles. The summed E-state index contributed by atoms with van der Waals surface area (Å²) in [5.74, 6) is 0.879. The first-order chi connectivity index (χ1) is 12.0. The first-order valence-electron chi connectivity index (χ1n) is 7.98. The lowest BCUT2D eigenvalue weighted by atomic mass is 10.1. The van der Waals surface area contributed by atoms with E-state index in [0.29, 0.717) is 23.7 Å². The third-order valence-corrected chi connectivity index (χ3v) is 3.62. The lowest BCUT2D eigenvalue weighted by molar-refractivity contribution is -0.123. The molecule has 0 radical (unpaired) electrons. The molecule has 2 N–H and O–H groups in total. The lowest BCUT2D eigenvalue weighted by Crippen LogP contribution is -2.24. The van der Waals surface area contributed by atoms with Crippen LogP contribution in [0.15, 0.2) is 41.5 Å². The normalized spacial score (nSPS) is 10.7. The number of hydrazone groups is 1. The molecule has 0 aliphatic heterocycles. The predicted octanol–water partition coefficient (Wildman–Crippen LogP) is 2.94. The fourth-order valence-electron chi connectivity index (χ4n) is 2.12. The molecule has 0 fully saturated rings. The number of amides is 1. The second-order valence-corrected chi connectivity index (χ2v) is 5.43. The van der Waals surface area contributed by atoms with E-state index in [-0.39, 0.29) is 18.3 Å². The number of phenols is 1. The molecular weight excluding hydrogens is 320 g/mol. The molecule has 2 aromatic carbocycles. The van der Waals surface area contributed by atoms with Crippen molar-refractivity contribution in [2.75, 3.05) is 13.2 Å². The number of carbonyl (C=O) groups excluding carboxylic acids is 1. The number of aryl methyl sites for hydroxylation is 1. The van der Waals surface area contributed by atoms with E-state index in [2.05, 4.69) is 10.5 Å². The fourth-order valence-corrected chi connectivity index (χ4v) is 2.12. The first kappa shape index (κ1) is 18.3. The van der Waals surface area contributed by atoms with Gasteiger partial charge < -0.3 is 14.6 Å². The molecule has 132 valence electrons. The van der Waals surface area contributed by atoms with Crippen molar-refractivity contribution in [3.05, 3.63) is 53.1 Å². The van der Waals surface area contributed by atoms with E-state index in [1.807, 2.05) is 39.0 Å². The summed E-state index contributed by atoms with van der Waals surface area (Å²) in [6.07, 6.45) is 1.36. The Labute approximate surface area is 147 Å². The second-order valence-electron chi connectivity index (χ2n) is 5.43. The minimum absolute atomic E-state index is 0.0237. The van der Waals surface area contributed by atoms with Gasteiger partial charge in [-0.3, -0.25) is 4.79 Å². The highest BCUT2D eigenvalue weighted by molar-refractivity contribution is 5.85. The molecule has 0 bridgehead atoms. The van der Waals surface area contributed by atoms with Crippen LogP contribution < -0.4 is 14.9 Å². The summed E-state index contributed by atoms with van der Waals surface area (Å²) >= 11 is 0. The van der Waals surface area contributed by atoms with Crippen LogP contribution in [0.25, 0.3) is 0 Å². The van der Waals surface area contributed by atoms with Crippen molar-refractivity contribution in [3.63, 3.8) is 0 Å². The van der Waals surface area contributed by atoms with Crippen LogP contribution in [0, 0.1) is 13.8 Å². The van der Waals surface area contributed by atoms with Gasteiger partial charge in [-0.25, -0.2) is 5.43 Å². The number of hydrogen-bond donors (Lipinski definition) is 2. The number of ether oxygens (including phenoxy) is 2. The molecule has 6 heteroatoms. The van der Waals surface area contributed by atoms with Gasteiger partial charge in [0.2, 0.25) is 0 Å². The molecule has 0 saturated carbocycles. The van der Waals surface area contributed by atoms with E-state index in [1.54, 1.807) is 12.1 Å². The van der Waals surface area contributed by atoms with E-state index in [9.17, 15) is 9.90 Å². The topological polar surface area (TPSA) is 80.2 Å². The van der Waals surface area contributed by atoms with Crippen LogP contribution in [-0.2, 0) is 4.79 Å². The van der Waals surface area contributed by atoms with E-state index in [0.717, 1.165) is 11.1 Å². The molecular formula is C19H22N2O4. The number of nitrogens with one attached hydrogen (secondary N) is 1. The van der Waals surface area contributed by atoms with Gasteiger partial charge in [0.05, 0.1) is 12.8 Å². The van der Waals surface area contributed by atoms with Crippen molar-refractivity contribution in [1.82, 2.24) is 5.43 Å². The van der Waals surface area contributed by atoms with Crippen molar-refractivity contribution in [3.8, 4) is 17.2 Å². The summed E-state index contributed by atoms with van der Waals surface area (Å²) in [5, 5.41) is 13.7. The molecule has 0 aliphatic carbocycles. The maximum absolute atomic E-state index is 11.8. The lowest BCUT2D eigenvalue weighted by Gasteiger charge is -2.09. The molecule has 0 spiro atoms. The largest absolute Gasteiger partial charge is 0.507 e. The van der Waals surface area contributed by atoms with E-state index in [1.165, 1.54) is 12.3 Å². The third-order valence-electron chi connectivity index (χ3n) is 3.62. The Morgan fingerprint density at radius 2 is 2.04 bits per heavy atom. The van der Waals surface area contributed by atoms with Crippen LogP contribution >= 0.6 is 0 Å². The SMILES string of the molecule is CCOc1ccc(C=NNC(=O)COc2cccc(C)c2C)c(O)c1. The zero-order chi connectivity index (χ0) is 18.2. The molecule has 0 heterocycles. The van der Waals surface area contributed by atoms with Crippen molar-refractivity contribution < 1.29 is 19.4 Å². The number of phenolic OH excluding ortho intramolecular Hbond substituents is 1. The summed E-state index contributed by atoms with van der Waals surface area (Å²) in [5.41, 5.74) is 4.93. The maximum atomic E-state index is 11.8. The summed E-state index contributed by atoms with van der Waals surface area (Å²) < 4.78 is 10.8. The van der Waals surface area contributed by atoms with Gasteiger partial charge in [0, 0.05) is 11.6 Å². The van der Waals surface area contributed by atoms with Crippen molar-refractivity contribution in [2.24, 2.45) is 5.10 Å². The minimum atomic E-state index is -0.386. The zero-order valence-electron chi connectivity index (χ0n) is 14.6. The smallest absolute Gasteiger partial charge is 0.277 e. The van der Waals surface area contributed by atoms with Gasteiger partial charge in [0.1, 0.15) is 17.2 Å². The highest BCUT2D eigenvalue weighted by atomic mass is 16.5. The van der Waals surface area contributed by atoms with Gasteiger partial charge in [0.25, 0.3) is 5.91 Å². The first-order valence-corrected chi connectivity index (χ1v) is 7.98. The fraction of sp³-hybridized carbons (Fsp3) is 0.263. The van der Waals surface area contributed by atoms with Crippen molar-refractivity contribution in [2.45, 2.75) is 20.8 Å². The van der Waals surface area contributed by atoms with Gasteiger partial charge in [-0.2, -0.15) is 5.10 Å². The Hall–Kier alpha value is -3.02. The molecule has 0 aliphatic rings. The second kappa shape index (κ2) is 8.73. The molecule has 0 atom stereocenters.